The van der Waals surface area contributed by atoms with Crippen LogP contribution in [0.3, 0.4) is 0 Å². The number of nitrogens with zero attached hydrogens (tertiary/aromatic N) is 2. The van der Waals surface area contributed by atoms with Crippen molar-refractivity contribution in [1.82, 2.24) is 15.5 Å². The van der Waals surface area contributed by atoms with Gasteiger partial charge >= 0.3 is 0 Å². The lowest BCUT2D eigenvalue weighted by molar-refractivity contribution is 0.355. The summed E-state index contributed by atoms with van der Waals surface area (Å²) >= 11 is 0. The fourth-order valence-electron chi connectivity index (χ4n) is 1.69. The van der Waals surface area contributed by atoms with E-state index in [1.165, 1.54) is 0 Å². The van der Waals surface area contributed by atoms with Crippen LogP contribution in [0.1, 0.15) is 5.89 Å². The molecule has 0 bridgehead atoms. The Morgan fingerprint density at radius 2 is 2.05 bits per heavy atom. The molecule has 1 aromatic carbocycles. The van der Waals surface area contributed by atoms with Crippen molar-refractivity contribution in [3.8, 4) is 23.0 Å². The van der Waals surface area contributed by atoms with E-state index in [1.807, 2.05) is 6.07 Å². The molecule has 0 aliphatic rings. The normalized spacial score (nSPS) is 10.3. The maximum absolute atomic E-state index is 5.57. The smallest absolute Gasteiger partial charge is 0.247 e. The molecule has 0 amide bonds. The van der Waals surface area contributed by atoms with E-state index in [2.05, 4.69) is 22.1 Å². The summed E-state index contributed by atoms with van der Waals surface area (Å²) in [6.45, 7) is 4.82. The third kappa shape index (κ3) is 3.16. The molecule has 6 nitrogen and oxygen atoms in total. The molecule has 1 aromatic heterocycles. The summed E-state index contributed by atoms with van der Waals surface area (Å²) in [5.74, 6) is 2.25. The number of hydrogen-bond donors (Lipinski definition) is 1. The zero-order chi connectivity index (χ0) is 14.4. The molecule has 0 spiro atoms. The molecule has 0 radical (unpaired) electrons. The van der Waals surface area contributed by atoms with Gasteiger partial charge in [-0.1, -0.05) is 6.08 Å². The second-order valence-electron chi connectivity index (χ2n) is 3.99. The minimum Gasteiger partial charge on any atom is -0.493 e. The monoisotopic (exact) mass is 275 g/mol. The molecule has 106 valence electrons. The largest absolute Gasteiger partial charge is 0.493 e. The third-order valence-electron chi connectivity index (χ3n) is 2.66. The molecule has 0 atom stereocenters. The number of methoxy groups -OCH3 is 2. The minimum atomic E-state index is 0.446. The van der Waals surface area contributed by atoms with E-state index in [9.17, 15) is 0 Å². The number of aromatic nitrogens is 2. The van der Waals surface area contributed by atoms with E-state index >= 15 is 0 Å². The summed E-state index contributed by atoms with van der Waals surface area (Å²) in [6, 6.07) is 5.44. The summed E-state index contributed by atoms with van der Waals surface area (Å²) in [7, 11) is 3.17. The molecule has 1 heterocycles. The molecule has 1 N–H and O–H groups in total. The highest BCUT2D eigenvalue weighted by Crippen LogP contribution is 2.31. The van der Waals surface area contributed by atoms with Gasteiger partial charge in [-0.2, -0.15) is 0 Å². The number of ether oxygens (including phenoxy) is 2. The Morgan fingerprint density at radius 3 is 2.75 bits per heavy atom. The van der Waals surface area contributed by atoms with Gasteiger partial charge < -0.3 is 19.2 Å². The van der Waals surface area contributed by atoms with Crippen LogP contribution >= 0.6 is 0 Å². The van der Waals surface area contributed by atoms with Crippen molar-refractivity contribution in [2.24, 2.45) is 0 Å². The maximum Gasteiger partial charge on any atom is 0.247 e. The highest BCUT2D eigenvalue weighted by Gasteiger charge is 2.11. The third-order valence-corrected chi connectivity index (χ3v) is 2.66. The predicted octanol–water partition coefficient (Wildman–Crippen LogP) is 2.03. The number of rotatable bonds is 7. The summed E-state index contributed by atoms with van der Waals surface area (Å²) in [6.07, 6.45) is 1.77. The van der Waals surface area contributed by atoms with Crippen LogP contribution in [0.15, 0.2) is 35.3 Å². The van der Waals surface area contributed by atoms with E-state index in [0.29, 0.717) is 36.4 Å². The minimum absolute atomic E-state index is 0.446. The van der Waals surface area contributed by atoms with Gasteiger partial charge in [0.15, 0.2) is 11.5 Å². The maximum atomic E-state index is 5.57. The van der Waals surface area contributed by atoms with Crippen LogP contribution in [0.25, 0.3) is 11.5 Å². The van der Waals surface area contributed by atoms with Crippen molar-refractivity contribution < 1.29 is 13.9 Å². The Bertz CT molecular complexity index is 581. The first-order valence-corrected chi connectivity index (χ1v) is 6.15. The fourth-order valence-corrected chi connectivity index (χ4v) is 1.69. The first-order valence-electron chi connectivity index (χ1n) is 6.15. The van der Waals surface area contributed by atoms with E-state index in [1.54, 1.807) is 32.4 Å². The summed E-state index contributed by atoms with van der Waals surface area (Å²) in [5, 5.41) is 11.1. The Morgan fingerprint density at radius 1 is 1.25 bits per heavy atom. The van der Waals surface area contributed by atoms with Gasteiger partial charge in [-0.05, 0) is 18.2 Å². The van der Waals surface area contributed by atoms with Crippen LogP contribution in [0, 0.1) is 0 Å². The van der Waals surface area contributed by atoms with Crippen molar-refractivity contribution in [2.45, 2.75) is 6.54 Å². The first kappa shape index (κ1) is 14.1. The average molecular weight is 275 g/mol. The van der Waals surface area contributed by atoms with Gasteiger partial charge in [0.1, 0.15) is 0 Å². The Hall–Kier alpha value is -2.34. The molecule has 0 saturated heterocycles. The van der Waals surface area contributed by atoms with Crippen molar-refractivity contribution in [3.63, 3.8) is 0 Å². The van der Waals surface area contributed by atoms with Gasteiger partial charge in [0.05, 0.1) is 20.8 Å². The molecular formula is C14H17N3O3. The Labute approximate surface area is 117 Å². The number of benzene rings is 1. The molecule has 6 heteroatoms. The lowest BCUT2D eigenvalue weighted by Crippen LogP contribution is -2.12. The van der Waals surface area contributed by atoms with Gasteiger partial charge in [0, 0.05) is 12.1 Å². The van der Waals surface area contributed by atoms with E-state index in [0.717, 1.165) is 5.56 Å². The summed E-state index contributed by atoms with van der Waals surface area (Å²) in [5.41, 5.74) is 0.783. The number of hydrogen-bond acceptors (Lipinski definition) is 6. The van der Waals surface area contributed by atoms with Gasteiger partial charge in [0.2, 0.25) is 11.8 Å². The van der Waals surface area contributed by atoms with E-state index < -0.39 is 0 Å². The van der Waals surface area contributed by atoms with Crippen LogP contribution in [0.2, 0.25) is 0 Å². The van der Waals surface area contributed by atoms with Gasteiger partial charge in [-0.25, -0.2) is 0 Å². The topological polar surface area (TPSA) is 69.4 Å². The molecule has 2 aromatic rings. The zero-order valence-electron chi connectivity index (χ0n) is 11.5. The van der Waals surface area contributed by atoms with Crippen molar-refractivity contribution in [1.29, 1.82) is 0 Å². The van der Waals surface area contributed by atoms with Crippen LogP contribution in [-0.2, 0) is 6.54 Å². The Kier molecular flexibility index (Phi) is 4.73. The predicted molar refractivity (Wildman–Crippen MR) is 74.7 cm³/mol. The van der Waals surface area contributed by atoms with Gasteiger partial charge in [-0.3, -0.25) is 0 Å². The zero-order valence-corrected chi connectivity index (χ0v) is 11.5. The van der Waals surface area contributed by atoms with Gasteiger partial charge in [0.25, 0.3) is 0 Å². The number of nitrogens with one attached hydrogen (secondary N) is 1. The molecule has 0 fully saturated rings. The molecular weight excluding hydrogens is 258 g/mol. The molecule has 0 aliphatic carbocycles. The summed E-state index contributed by atoms with van der Waals surface area (Å²) in [4.78, 5) is 0. The van der Waals surface area contributed by atoms with Gasteiger partial charge in [-0.15, -0.1) is 16.8 Å². The molecule has 0 unspecified atom stereocenters. The van der Waals surface area contributed by atoms with Crippen molar-refractivity contribution in [2.75, 3.05) is 20.8 Å². The fraction of sp³-hybridized carbons (Fsp3) is 0.286. The molecule has 0 saturated carbocycles. The second-order valence-corrected chi connectivity index (χ2v) is 3.99. The van der Waals surface area contributed by atoms with E-state index in [-0.39, 0.29) is 0 Å². The van der Waals surface area contributed by atoms with Crippen LogP contribution in [0.4, 0.5) is 0 Å². The second kappa shape index (κ2) is 6.72. The lowest BCUT2D eigenvalue weighted by Gasteiger charge is -2.07. The highest BCUT2D eigenvalue weighted by molar-refractivity contribution is 5.59. The molecule has 2 rings (SSSR count). The van der Waals surface area contributed by atoms with Crippen LogP contribution in [0.5, 0.6) is 11.5 Å². The lowest BCUT2D eigenvalue weighted by atomic mass is 10.2. The van der Waals surface area contributed by atoms with Crippen molar-refractivity contribution in [3.05, 3.63) is 36.7 Å². The average Bonchev–Trinajstić information content (AvgIpc) is 2.95. The highest BCUT2D eigenvalue weighted by atomic mass is 16.5. The quantitative estimate of drug-likeness (QED) is 0.616. The van der Waals surface area contributed by atoms with E-state index in [4.69, 9.17) is 13.9 Å². The summed E-state index contributed by atoms with van der Waals surface area (Å²) < 4.78 is 16.0. The Balaban J connectivity index is 2.17. The molecule has 0 aliphatic heterocycles. The van der Waals surface area contributed by atoms with Crippen LogP contribution in [-0.4, -0.2) is 31.0 Å². The first-order chi connectivity index (χ1) is 9.78. The molecule has 20 heavy (non-hydrogen) atoms. The van der Waals surface area contributed by atoms with Crippen LogP contribution < -0.4 is 14.8 Å². The standard InChI is InChI=1S/C14H17N3O3/c1-4-7-15-9-13-16-17-14(20-13)10-5-6-11(18-2)12(8-10)19-3/h4-6,8,15H,1,7,9H2,2-3H3. The van der Waals surface area contributed by atoms with Crippen molar-refractivity contribution >= 4 is 0 Å². The SMILES string of the molecule is C=CCNCc1nnc(-c2ccc(OC)c(OC)c2)o1.